The van der Waals surface area contributed by atoms with E-state index < -0.39 is 0 Å². The Labute approximate surface area is 75.0 Å². The number of anilines is 1. The Balaban J connectivity index is 3.23. The number of benzene rings is 1. The Kier molecular flexibility index (Phi) is 2.35. The molecule has 1 nitrogen and oxygen atoms in total. The highest BCUT2D eigenvalue weighted by Gasteiger charge is 1.99. The van der Waals surface area contributed by atoms with Crippen molar-refractivity contribution in [2.24, 2.45) is 0 Å². The monoisotopic (exact) mass is 211 g/mol. The summed E-state index contributed by atoms with van der Waals surface area (Å²) in [6, 6.07) is 5.70. The van der Waals surface area contributed by atoms with Crippen molar-refractivity contribution in [3.63, 3.8) is 0 Å². The molecule has 0 aromatic heterocycles. The van der Waals surface area contributed by atoms with E-state index in [0.29, 0.717) is 0 Å². The summed E-state index contributed by atoms with van der Waals surface area (Å²) in [6.45, 7) is 5.80. The first-order chi connectivity index (χ1) is 5.11. The van der Waals surface area contributed by atoms with Gasteiger partial charge < -0.3 is 5.73 Å². The Bertz CT molecular complexity index is 292. The van der Waals surface area contributed by atoms with Gasteiger partial charge in [-0.25, -0.2) is 0 Å². The van der Waals surface area contributed by atoms with E-state index in [-0.39, 0.29) is 0 Å². The summed E-state index contributed by atoms with van der Waals surface area (Å²) in [5.74, 6) is 0. The lowest BCUT2D eigenvalue weighted by Crippen LogP contribution is -1.87. The molecule has 0 amide bonds. The van der Waals surface area contributed by atoms with Crippen LogP contribution in [0.5, 0.6) is 0 Å². The van der Waals surface area contributed by atoms with Gasteiger partial charge in [0.1, 0.15) is 0 Å². The van der Waals surface area contributed by atoms with Gasteiger partial charge in [-0.2, -0.15) is 0 Å². The molecule has 1 aromatic carbocycles. The van der Waals surface area contributed by atoms with Gasteiger partial charge in [0.2, 0.25) is 0 Å². The van der Waals surface area contributed by atoms with Gasteiger partial charge in [0, 0.05) is 10.2 Å². The third-order valence-electron chi connectivity index (χ3n) is 1.45. The molecule has 0 fully saturated rings. The topological polar surface area (TPSA) is 26.0 Å². The quantitative estimate of drug-likeness (QED) is 0.711. The molecule has 2 N–H and O–H groups in total. The summed E-state index contributed by atoms with van der Waals surface area (Å²) in [5.41, 5.74) is 8.46. The van der Waals surface area contributed by atoms with Crippen molar-refractivity contribution in [2.75, 3.05) is 5.73 Å². The van der Waals surface area contributed by atoms with E-state index in [4.69, 9.17) is 5.73 Å². The predicted octanol–water partition coefficient (Wildman–Crippen LogP) is 3.06. The van der Waals surface area contributed by atoms with Gasteiger partial charge >= 0.3 is 0 Å². The Morgan fingerprint density at radius 1 is 1.55 bits per heavy atom. The molecule has 0 atom stereocenters. The maximum atomic E-state index is 5.60. The second-order valence-electron chi connectivity index (χ2n) is 2.52. The minimum Gasteiger partial charge on any atom is -0.399 e. The van der Waals surface area contributed by atoms with Crippen LogP contribution in [0.4, 0.5) is 5.69 Å². The highest BCUT2D eigenvalue weighted by molar-refractivity contribution is 9.10. The van der Waals surface area contributed by atoms with Crippen molar-refractivity contribution in [1.29, 1.82) is 0 Å². The smallest absolute Gasteiger partial charge is 0.0320 e. The van der Waals surface area contributed by atoms with Gasteiger partial charge in [-0.15, -0.1) is 0 Å². The molecular formula is C9H10BrN. The zero-order valence-corrected chi connectivity index (χ0v) is 7.98. The average molecular weight is 212 g/mol. The lowest BCUT2D eigenvalue weighted by Gasteiger charge is -2.03. The molecule has 1 rings (SSSR count). The first kappa shape index (κ1) is 8.34. The van der Waals surface area contributed by atoms with E-state index in [9.17, 15) is 0 Å². The van der Waals surface area contributed by atoms with Crippen molar-refractivity contribution in [3.8, 4) is 0 Å². The van der Waals surface area contributed by atoms with Crippen molar-refractivity contribution < 1.29 is 0 Å². The minimum absolute atomic E-state index is 0.770. The molecule has 11 heavy (non-hydrogen) atoms. The Hall–Kier alpha value is -0.760. The van der Waals surface area contributed by atoms with Crippen LogP contribution in [0.1, 0.15) is 12.5 Å². The Morgan fingerprint density at radius 3 is 2.64 bits per heavy atom. The molecule has 0 saturated carbocycles. The molecule has 0 radical (unpaired) electrons. The first-order valence-electron chi connectivity index (χ1n) is 3.32. The second-order valence-corrected chi connectivity index (χ2v) is 3.37. The summed E-state index contributed by atoms with van der Waals surface area (Å²) >= 11 is 3.41. The van der Waals surface area contributed by atoms with Crippen molar-refractivity contribution in [3.05, 3.63) is 34.8 Å². The maximum absolute atomic E-state index is 5.60. The van der Waals surface area contributed by atoms with Crippen LogP contribution in [0.15, 0.2) is 29.3 Å². The zero-order chi connectivity index (χ0) is 8.43. The van der Waals surface area contributed by atoms with Crippen LogP contribution in [0.3, 0.4) is 0 Å². The fourth-order valence-electron chi connectivity index (χ4n) is 0.870. The maximum Gasteiger partial charge on any atom is 0.0320 e. The molecular weight excluding hydrogens is 202 g/mol. The van der Waals surface area contributed by atoms with Gasteiger partial charge in [-0.05, 0) is 36.3 Å². The Morgan fingerprint density at radius 2 is 2.18 bits per heavy atom. The third-order valence-corrected chi connectivity index (χ3v) is 2.14. The molecule has 0 bridgehead atoms. The molecule has 0 unspecified atom stereocenters. The number of rotatable bonds is 1. The standard InChI is InChI=1S/C9H10BrN/c1-6(2)8-5-7(11)3-4-9(8)10/h3-5H,1,11H2,2H3. The molecule has 0 aliphatic heterocycles. The van der Waals surface area contributed by atoms with E-state index in [2.05, 4.69) is 22.5 Å². The number of hydrogen-bond acceptors (Lipinski definition) is 1. The number of nitrogens with two attached hydrogens (primary N) is 1. The van der Waals surface area contributed by atoms with Gasteiger partial charge in [0.15, 0.2) is 0 Å². The van der Waals surface area contributed by atoms with Gasteiger partial charge in [-0.3, -0.25) is 0 Å². The molecule has 2 heteroatoms. The van der Waals surface area contributed by atoms with Gasteiger partial charge in [-0.1, -0.05) is 22.5 Å². The van der Waals surface area contributed by atoms with Gasteiger partial charge in [0.05, 0.1) is 0 Å². The highest BCUT2D eigenvalue weighted by atomic mass is 79.9. The fourth-order valence-corrected chi connectivity index (χ4v) is 1.46. The van der Waals surface area contributed by atoms with Crippen LogP contribution >= 0.6 is 15.9 Å². The normalized spacial score (nSPS) is 9.64. The summed E-state index contributed by atoms with van der Waals surface area (Å²) in [6.07, 6.45) is 0. The number of halogens is 1. The van der Waals surface area contributed by atoms with Crippen LogP contribution < -0.4 is 5.73 Å². The fraction of sp³-hybridized carbons (Fsp3) is 0.111. The van der Waals surface area contributed by atoms with E-state index >= 15 is 0 Å². The molecule has 1 aromatic rings. The van der Waals surface area contributed by atoms with Crippen LogP contribution in [0, 0.1) is 0 Å². The predicted molar refractivity (Wildman–Crippen MR) is 53.3 cm³/mol. The van der Waals surface area contributed by atoms with E-state index in [1.807, 2.05) is 25.1 Å². The van der Waals surface area contributed by atoms with Crippen LogP contribution in [0.2, 0.25) is 0 Å². The van der Waals surface area contributed by atoms with E-state index in [1.54, 1.807) is 0 Å². The summed E-state index contributed by atoms with van der Waals surface area (Å²) < 4.78 is 1.04. The summed E-state index contributed by atoms with van der Waals surface area (Å²) in [5, 5.41) is 0. The van der Waals surface area contributed by atoms with E-state index in [0.717, 1.165) is 21.3 Å². The van der Waals surface area contributed by atoms with Crippen molar-refractivity contribution >= 4 is 27.2 Å². The SMILES string of the molecule is C=C(C)c1cc(N)ccc1Br. The lowest BCUT2D eigenvalue weighted by molar-refractivity contribution is 1.53. The molecule has 58 valence electrons. The number of allylic oxidation sites excluding steroid dienone is 1. The van der Waals surface area contributed by atoms with Gasteiger partial charge in [0.25, 0.3) is 0 Å². The lowest BCUT2D eigenvalue weighted by atomic mass is 10.1. The molecule has 0 saturated heterocycles. The summed E-state index contributed by atoms with van der Waals surface area (Å²) in [4.78, 5) is 0. The highest BCUT2D eigenvalue weighted by Crippen LogP contribution is 2.24. The van der Waals surface area contributed by atoms with Crippen LogP contribution in [0.25, 0.3) is 5.57 Å². The number of hydrogen-bond donors (Lipinski definition) is 1. The zero-order valence-electron chi connectivity index (χ0n) is 6.39. The van der Waals surface area contributed by atoms with Crippen LogP contribution in [-0.2, 0) is 0 Å². The van der Waals surface area contributed by atoms with E-state index in [1.165, 1.54) is 0 Å². The van der Waals surface area contributed by atoms with Crippen LogP contribution in [-0.4, -0.2) is 0 Å². The average Bonchev–Trinajstić information content (AvgIpc) is 1.94. The summed E-state index contributed by atoms with van der Waals surface area (Å²) in [7, 11) is 0. The molecule has 0 heterocycles. The molecule has 0 aliphatic carbocycles. The van der Waals surface area contributed by atoms with Crippen molar-refractivity contribution in [1.82, 2.24) is 0 Å². The number of nitrogen functional groups attached to an aromatic ring is 1. The third kappa shape index (κ3) is 1.84. The largest absolute Gasteiger partial charge is 0.399 e. The minimum atomic E-state index is 0.770. The molecule has 0 spiro atoms. The second kappa shape index (κ2) is 3.09. The first-order valence-corrected chi connectivity index (χ1v) is 4.11. The van der Waals surface area contributed by atoms with Crippen molar-refractivity contribution in [2.45, 2.75) is 6.92 Å². The molecule has 0 aliphatic rings.